The molecule has 196 valence electrons. The number of benzene rings is 1. The van der Waals surface area contributed by atoms with Crippen LogP contribution in [0, 0.1) is 5.82 Å². The van der Waals surface area contributed by atoms with Crippen molar-refractivity contribution in [1.29, 1.82) is 0 Å². The molecule has 0 bridgehead atoms. The predicted molar refractivity (Wildman–Crippen MR) is 98.9 cm³/mol. The minimum atomic E-state index is -5.70. The van der Waals surface area contributed by atoms with E-state index in [4.69, 9.17) is 32.7 Å². The third-order valence-electron chi connectivity index (χ3n) is 3.64. The maximum absolute atomic E-state index is 13.6. The Balaban J connectivity index is 1.91. The second-order valence-corrected chi connectivity index (χ2v) is 7.13. The van der Waals surface area contributed by atoms with E-state index in [9.17, 15) is 43.9 Å². The Bertz CT molecular complexity index is 997. The van der Waals surface area contributed by atoms with Crippen molar-refractivity contribution in [2.45, 2.75) is 31.4 Å². The Hall–Kier alpha value is -2.39. The average molecular weight is 566 g/mol. The topological polar surface area (TPSA) is 49.8 Å². The van der Waals surface area contributed by atoms with E-state index in [-0.39, 0.29) is 31.5 Å². The third-order valence-corrected chi connectivity index (χ3v) is 4.20. The molecule has 1 atom stereocenters. The quantitative estimate of drug-likeness (QED) is 0.225. The maximum Gasteiger partial charge on any atom is 0.525 e. The zero-order valence-electron chi connectivity index (χ0n) is 16.6. The molecule has 0 amide bonds. The minimum Gasteiger partial charge on any atom is -0.490 e. The van der Waals surface area contributed by atoms with Crippen LogP contribution < -0.4 is 14.2 Å². The first kappa shape index (κ1) is 28.8. The lowest BCUT2D eigenvalue weighted by Gasteiger charge is -2.22. The molecule has 0 saturated carbocycles. The standard InChI is InChI=1S/C18H11Cl2F10NO4/c19-10-5-9(34-17(26,27)15(22)35-18(28,29)30)6-11(20)13(10)32-2-1-3-33-14-12(21)4-8(7-31-14)16(23,24)25/h4-7,15H,1-3H2. The first-order valence-corrected chi connectivity index (χ1v) is 9.68. The third kappa shape index (κ3) is 8.65. The first-order valence-electron chi connectivity index (χ1n) is 8.92. The minimum absolute atomic E-state index is 0.0105. The molecule has 0 aliphatic carbocycles. The van der Waals surface area contributed by atoms with E-state index >= 15 is 0 Å². The molecule has 0 N–H and O–H groups in total. The molecular weight excluding hydrogens is 555 g/mol. The van der Waals surface area contributed by atoms with Crippen molar-refractivity contribution in [2.75, 3.05) is 13.2 Å². The summed E-state index contributed by atoms with van der Waals surface area (Å²) in [7, 11) is 0. The summed E-state index contributed by atoms with van der Waals surface area (Å²) in [6.45, 7) is -0.515. The van der Waals surface area contributed by atoms with Gasteiger partial charge >= 0.3 is 25.0 Å². The molecule has 2 rings (SSSR count). The van der Waals surface area contributed by atoms with Crippen molar-refractivity contribution in [2.24, 2.45) is 0 Å². The molecule has 1 heterocycles. The van der Waals surface area contributed by atoms with E-state index in [0.717, 1.165) is 0 Å². The highest BCUT2D eigenvalue weighted by atomic mass is 35.5. The van der Waals surface area contributed by atoms with Gasteiger partial charge in [0.25, 0.3) is 0 Å². The van der Waals surface area contributed by atoms with Gasteiger partial charge in [-0.25, -0.2) is 18.5 Å². The van der Waals surface area contributed by atoms with Crippen LogP contribution in [0.5, 0.6) is 17.4 Å². The van der Waals surface area contributed by atoms with Crippen molar-refractivity contribution in [1.82, 2.24) is 4.98 Å². The van der Waals surface area contributed by atoms with Gasteiger partial charge in [-0.15, -0.1) is 13.2 Å². The molecule has 0 aliphatic heterocycles. The van der Waals surface area contributed by atoms with E-state index in [1.807, 2.05) is 0 Å². The summed E-state index contributed by atoms with van der Waals surface area (Å²) in [6, 6.07) is 1.50. The lowest BCUT2D eigenvalue weighted by Crippen LogP contribution is -2.41. The van der Waals surface area contributed by atoms with Gasteiger partial charge in [0.1, 0.15) is 5.75 Å². The fourth-order valence-electron chi connectivity index (χ4n) is 2.21. The van der Waals surface area contributed by atoms with Crippen LogP contribution in [-0.2, 0) is 10.9 Å². The Morgan fingerprint density at radius 3 is 1.97 bits per heavy atom. The molecule has 0 aliphatic rings. The summed E-state index contributed by atoms with van der Waals surface area (Å²) in [5.74, 6) is -3.25. The van der Waals surface area contributed by atoms with E-state index < -0.39 is 58.1 Å². The van der Waals surface area contributed by atoms with E-state index in [2.05, 4.69) is 14.5 Å². The van der Waals surface area contributed by atoms with Crippen molar-refractivity contribution in [3.05, 3.63) is 45.8 Å². The lowest BCUT2D eigenvalue weighted by molar-refractivity contribution is -0.411. The maximum atomic E-state index is 13.6. The lowest BCUT2D eigenvalue weighted by atomic mass is 10.3. The van der Waals surface area contributed by atoms with Crippen LogP contribution in [0.25, 0.3) is 0 Å². The zero-order chi connectivity index (χ0) is 26.6. The molecule has 0 fully saturated rings. The van der Waals surface area contributed by atoms with Gasteiger partial charge in [-0.05, 0) is 6.07 Å². The van der Waals surface area contributed by atoms with Gasteiger partial charge in [0, 0.05) is 24.8 Å². The van der Waals surface area contributed by atoms with Gasteiger partial charge in [0.15, 0.2) is 11.6 Å². The Labute approximate surface area is 199 Å². The van der Waals surface area contributed by atoms with Gasteiger partial charge in [0.05, 0.1) is 28.8 Å². The molecule has 1 unspecified atom stereocenters. The largest absolute Gasteiger partial charge is 0.525 e. The first-order chi connectivity index (χ1) is 16.0. The fraction of sp³-hybridized carbons (Fsp3) is 0.389. The van der Waals surface area contributed by atoms with Crippen molar-refractivity contribution >= 4 is 23.2 Å². The summed E-state index contributed by atoms with van der Waals surface area (Å²) in [4.78, 5) is 3.23. The second kappa shape index (κ2) is 11.1. The van der Waals surface area contributed by atoms with Crippen LogP contribution in [-0.4, -0.2) is 37.0 Å². The van der Waals surface area contributed by atoms with E-state index in [1.54, 1.807) is 0 Å². The molecule has 0 radical (unpaired) electrons. The fourth-order valence-corrected chi connectivity index (χ4v) is 2.79. The summed E-state index contributed by atoms with van der Waals surface area (Å²) in [5.41, 5.74) is -1.31. The number of halogens is 12. The Kier molecular flexibility index (Phi) is 9.16. The van der Waals surface area contributed by atoms with E-state index in [0.29, 0.717) is 18.3 Å². The van der Waals surface area contributed by atoms with E-state index in [1.165, 1.54) is 0 Å². The monoisotopic (exact) mass is 565 g/mol. The van der Waals surface area contributed by atoms with Crippen molar-refractivity contribution in [3.8, 4) is 17.4 Å². The zero-order valence-corrected chi connectivity index (χ0v) is 18.1. The molecule has 5 nitrogen and oxygen atoms in total. The highest BCUT2D eigenvalue weighted by Gasteiger charge is 2.50. The number of rotatable bonds is 10. The molecule has 17 heteroatoms. The number of hydrogen-bond donors (Lipinski definition) is 0. The molecular formula is C18H11Cl2F10NO4. The number of hydrogen-bond acceptors (Lipinski definition) is 5. The molecule has 0 spiro atoms. The summed E-state index contributed by atoms with van der Waals surface area (Å²) in [5, 5.41) is -0.904. The van der Waals surface area contributed by atoms with Gasteiger partial charge < -0.3 is 14.2 Å². The van der Waals surface area contributed by atoms with Crippen LogP contribution in [0.1, 0.15) is 12.0 Å². The highest BCUT2D eigenvalue weighted by Crippen LogP contribution is 2.40. The SMILES string of the molecule is Fc1cc(C(F)(F)F)cnc1OCCCOc1c(Cl)cc(OC(F)(F)C(F)OC(F)(F)F)cc1Cl. The smallest absolute Gasteiger partial charge is 0.490 e. The van der Waals surface area contributed by atoms with Gasteiger partial charge in [-0.2, -0.15) is 22.0 Å². The van der Waals surface area contributed by atoms with Crippen molar-refractivity contribution in [3.63, 3.8) is 0 Å². The predicted octanol–water partition coefficient (Wildman–Crippen LogP) is 7.20. The van der Waals surface area contributed by atoms with Crippen LogP contribution in [0.3, 0.4) is 0 Å². The van der Waals surface area contributed by atoms with Gasteiger partial charge in [0.2, 0.25) is 5.88 Å². The van der Waals surface area contributed by atoms with Crippen LogP contribution in [0.15, 0.2) is 24.4 Å². The normalized spacial score (nSPS) is 13.5. The van der Waals surface area contributed by atoms with Gasteiger partial charge in [-0.1, -0.05) is 23.2 Å². The molecule has 1 aromatic heterocycles. The second-order valence-electron chi connectivity index (χ2n) is 6.32. The van der Waals surface area contributed by atoms with Gasteiger partial charge in [-0.3, -0.25) is 0 Å². The number of pyridine rings is 1. The van der Waals surface area contributed by atoms with Crippen molar-refractivity contribution < 1.29 is 62.9 Å². The molecule has 2 aromatic rings. The van der Waals surface area contributed by atoms with Crippen LogP contribution in [0.4, 0.5) is 43.9 Å². The van der Waals surface area contributed by atoms with Crippen LogP contribution >= 0.6 is 23.2 Å². The summed E-state index contributed by atoms with van der Waals surface area (Å²) in [6.07, 6.45) is -19.4. The van der Waals surface area contributed by atoms with Crippen LogP contribution in [0.2, 0.25) is 10.0 Å². The molecule has 35 heavy (non-hydrogen) atoms. The number of aromatic nitrogens is 1. The Morgan fingerprint density at radius 2 is 1.46 bits per heavy atom. The Morgan fingerprint density at radius 1 is 0.886 bits per heavy atom. The molecule has 1 aromatic carbocycles. The number of nitrogens with zero attached hydrogens (tertiary/aromatic N) is 1. The number of ether oxygens (including phenoxy) is 4. The molecule has 0 saturated heterocycles. The summed E-state index contributed by atoms with van der Waals surface area (Å²) >= 11 is 11.6. The average Bonchev–Trinajstić information content (AvgIpc) is 2.68. The number of alkyl halides is 9. The highest BCUT2D eigenvalue weighted by molar-refractivity contribution is 6.37. The summed E-state index contributed by atoms with van der Waals surface area (Å²) < 4.78 is 143.